The number of aromatic nitrogens is 2. The van der Waals surface area contributed by atoms with Gasteiger partial charge in [-0.05, 0) is 41.8 Å². The summed E-state index contributed by atoms with van der Waals surface area (Å²) in [4.78, 5) is 5.12. The summed E-state index contributed by atoms with van der Waals surface area (Å²) in [5, 5.41) is 0. The van der Waals surface area contributed by atoms with Crippen molar-refractivity contribution in [3.05, 3.63) is 33.5 Å². The molecule has 0 bridgehead atoms. The van der Waals surface area contributed by atoms with Gasteiger partial charge in [-0.1, -0.05) is 0 Å². The van der Waals surface area contributed by atoms with Gasteiger partial charge in [0.1, 0.15) is 0 Å². The van der Waals surface area contributed by atoms with Crippen molar-refractivity contribution in [2.45, 2.75) is 31.2 Å². The van der Waals surface area contributed by atoms with Crippen LogP contribution in [0, 0.1) is 6.92 Å². The number of nitrogens with one attached hydrogen (secondary N) is 1. The van der Waals surface area contributed by atoms with Crippen molar-refractivity contribution in [2.24, 2.45) is 0 Å². The molecule has 0 amide bonds. The van der Waals surface area contributed by atoms with Crippen LogP contribution in [-0.4, -0.2) is 24.5 Å². The number of halogens is 1. The second-order valence-electron chi connectivity index (χ2n) is 4.38. The Labute approximate surface area is 131 Å². The van der Waals surface area contributed by atoms with Crippen LogP contribution in [0.25, 0.3) is 0 Å². The fourth-order valence-corrected chi connectivity index (χ4v) is 5.31. The van der Waals surface area contributed by atoms with Crippen molar-refractivity contribution >= 4 is 37.3 Å². The highest BCUT2D eigenvalue weighted by atomic mass is 79.9. The van der Waals surface area contributed by atoms with Crippen molar-refractivity contribution in [1.82, 2.24) is 14.3 Å². The van der Waals surface area contributed by atoms with Gasteiger partial charge in [0.15, 0.2) is 0 Å². The zero-order valence-corrected chi connectivity index (χ0v) is 14.3. The van der Waals surface area contributed by atoms with Crippen LogP contribution in [0.5, 0.6) is 0 Å². The first-order chi connectivity index (χ1) is 9.49. The van der Waals surface area contributed by atoms with E-state index in [9.17, 15) is 8.42 Å². The average molecular weight is 378 g/mol. The molecule has 2 heterocycles. The second kappa shape index (κ2) is 6.84. The van der Waals surface area contributed by atoms with Gasteiger partial charge in [0.05, 0.1) is 15.0 Å². The van der Waals surface area contributed by atoms with Crippen LogP contribution >= 0.6 is 27.3 Å². The van der Waals surface area contributed by atoms with Gasteiger partial charge in [-0.2, -0.15) is 0 Å². The number of hydrogen-bond donors (Lipinski definition) is 1. The Morgan fingerprint density at radius 2 is 2.25 bits per heavy atom. The zero-order chi connectivity index (χ0) is 14.6. The molecule has 0 unspecified atom stereocenters. The first kappa shape index (κ1) is 15.7. The summed E-state index contributed by atoms with van der Waals surface area (Å²) in [6.07, 6.45) is 7.10. The van der Waals surface area contributed by atoms with E-state index in [4.69, 9.17) is 0 Å². The van der Waals surface area contributed by atoms with Gasteiger partial charge >= 0.3 is 0 Å². The summed E-state index contributed by atoms with van der Waals surface area (Å²) < 4.78 is 29.7. The predicted molar refractivity (Wildman–Crippen MR) is 83.4 cm³/mol. The van der Waals surface area contributed by atoms with E-state index < -0.39 is 10.0 Å². The van der Waals surface area contributed by atoms with Crippen molar-refractivity contribution in [3.8, 4) is 0 Å². The molecule has 110 valence electrons. The van der Waals surface area contributed by atoms with E-state index in [1.165, 1.54) is 11.3 Å². The Balaban J connectivity index is 1.79. The summed E-state index contributed by atoms with van der Waals surface area (Å²) in [7, 11) is -3.39. The highest BCUT2D eigenvalue weighted by molar-refractivity contribution is 9.11. The lowest BCUT2D eigenvalue weighted by Gasteiger charge is -2.06. The lowest BCUT2D eigenvalue weighted by molar-refractivity contribution is 0.566. The van der Waals surface area contributed by atoms with E-state index in [1.54, 1.807) is 18.6 Å². The molecule has 5 nitrogen and oxygen atoms in total. The molecular formula is C12H16BrN3O2S2. The molecular weight excluding hydrogens is 362 g/mol. The molecule has 8 heteroatoms. The fraction of sp³-hybridized carbons (Fsp3) is 0.417. The molecule has 0 spiro atoms. The maximum absolute atomic E-state index is 12.1. The molecule has 0 aliphatic carbocycles. The van der Waals surface area contributed by atoms with Gasteiger partial charge in [0.2, 0.25) is 10.0 Å². The van der Waals surface area contributed by atoms with Crippen LogP contribution in [0.15, 0.2) is 33.5 Å². The molecule has 0 aromatic carbocycles. The lowest BCUT2D eigenvalue weighted by Crippen LogP contribution is -2.25. The molecule has 0 aliphatic rings. The Bertz CT molecular complexity index is 650. The normalized spacial score (nSPS) is 11.9. The Kier molecular flexibility index (Phi) is 5.36. The molecule has 0 aliphatic heterocycles. The Morgan fingerprint density at radius 1 is 1.45 bits per heavy atom. The quantitative estimate of drug-likeness (QED) is 0.754. The summed E-state index contributed by atoms with van der Waals surface area (Å²) in [5.41, 5.74) is 0. The number of rotatable bonds is 7. The molecule has 2 aromatic heterocycles. The first-order valence-electron chi connectivity index (χ1n) is 6.20. The number of hydrogen-bond acceptors (Lipinski definition) is 4. The van der Waals surface area contributed by atoms with Gasteiger partial charge in [0, 0.05) is 30.4 Å². The summed E-state index contributed by atoms with van der Waals surface area (Å²) >= 11 is 4.73. The number of aryl methyl sites for hydroxylation is 2. The van der Waals surface area contributed by atoms with E-state index >= 15 is 0 Å². The van der Waals surface area contributed by atoms with Crippen molar-refractivity contribution in [1.29, 1.82) is 0 Å². The number of unbranched alkanes of at least 4 members (excludes halogenated alkanes) is 1. The topological polar surface area (TPSA) is 64.0 Å². The molecule has 20 heavy (non-hydrogen) atoms. The molecule has 2 rings (SSSR count). The van der Waals surface area contributed by atoms with Gasteiger partial charge in [-0.3, -0.25) is 0 Å². The van der Waals surface area contributed by atoms with Crippen LogP contribution in [0.2, 0.25) is 0 Å². The van der Waals surface area contributed by atoms with Gasteiger partial charge < -0.3 is 4.57 Å². The third-order valence-corrected chi connectivity index (χ3v) is 6.10. The van der Waals surface area contributed by atoms with Crippen LogP contribution < -0.4 is 4.72 Å². The Morgan fingerprint density at radius 3 is 2.85 bits per heavy atom. The highest BCUT2D eigenvalue weighted by Gasteiger charge is 2.18. The number of nitrogens with zero attached hydrogens (tertiary/aromatic N) is 2. The minimum Gasteiger partial charge on any atom is -0.337 e. The average Bonchev–Trinajstić information content (AvgIpc) is 2.98. The van der Waals surface area contributed by atoms with Gasteiger partial charge in [0.25, 0.3) is 0 Å². The third kappa shape index (κ3) is 4.15. The zero-order valence-electron chi connectivity index (χ0n) is 11.0. The fourth-order valence-electron chi connectivity index (χ4n) is 1.82. The first-order valence-corrected chi connectivity index (χ1v) is 9.29. The minimum absolute atomic E-state index is 0.365. The van der Waals surface area contributed by atoms with Crippen LogP contribution in [-0.2, 0) is 16.6 Å². The monoisotopic (exact) mass is 377 g/mol. The lowest BCUT2D eigenvalue weighted by atomic mass is 10.3. The summed E-state index contributed by atoms with van der Waals surface area (Å²) in [5.74, 6) is 0. The van der Waals surface area contributed by atoms with E-state index in [0.717, 1.165) is 28.0 Å². The molecule has 1 N–H and O–H groups in total. The van der Waals surface area contributed by atoms with Crippen molar-refractivity contribution in [3.63, 3.8) is 0 Å². The maximum atomic E-state index is 12.1. The third-order valence-electron chi connectivity index (χ3n) is 2.83. The number of imidazole rings is 1. The molecule has 0 fully saturated rings. The SMILES string of the molecule is Cc1sc(Br)cc1S(=O)(=O)NCCCCn1ccnc1. The van der Waals surface area contributed by atoms with Crippen molar-refractivity contribution in [2.75, 3.05) is 6.54 Å². The molecule has 0 radical (unpaired) electrons. The second-order valence-corrected chi connectivity index (χ2v) is 8.75. The van der Waals surface area contributed by atoms with E-state index in [0.29, 0.717) is 11.4 Å². The standard InChI is InChI=1S/C12H16BrN3O2S2/c1-10-11(8-12(13)19-10)20(17,18)15-4-2-3-6-16-7-5-14-9-16/h5,7-9,15H,2-4,6H2,1H3. The van der Waals surface area contributed by atoms with Crippen LogP contribution in [0.1, 0.15) is 17.7 Å². The van der Waals surface area contributed by atoms with Gasteiger partial charge in [-0.25, -0.2) is 18.1 Å². The van der Waals surface area contributed by atoms with Gasteiger partial charge in [-0.15, -0.1) is 11.3 Å². The van der Waals surface area contributed by atoms with Crippen molar-refractivity contribution < 1.29 is 8.42 Å². The number of sulfonamides is 1. The largest absolute Gasteiger partial charge is 0.337 e. The predicted octanol–water partition coefficient (Wildman–Crippen LogP) is 2.77. The van der Waals surface area contributed by atoms with Crippen LogP contribution in [0.4, 0.5) is 0 Å². The minimum atomic E-state index is -3.39. The molecule has 2 aromatic rings. The highest BCUT2D eigenvalue weighted by Crippen LogP contribution is 2.29. The van der Waals surface area contributed by atoms with E-state index in [1.807, 2.05) is 17.7 Å². The Hall–Kier alpha value is -0.700. The molecule has 0 saturated heterocycles. The summed E-state index contributed by atoms with van der Waals surface area (Å²) in [6.45, 7) is 3.11. The van der Waals surface area contributed by atoms with E-state index in [2.05, 4.69) is 25.6 Å². The number of thiophene rings is 1. The maximum Gasteiger partial charge on any atom is 0.241 e. The molecule has 0 atom stereocenters. The van der Waals surface area contributed by atoms with Crippen LogP contribution in [0.3, 0.4) is 0 Å². The molecule has 0 saturated carbocycles. The smallest absolute Gasteiger partial charge is 0.241 e. The summed E-state index contributed by atoms with van der Waals surface area (Å²) in [6, 6.07) is 1.65. The van der Waals surface area contributed by atoms with E-state index in [-0.39, 0.29) is 0 Å².